The average Bonchev–Trinajstić information content (AvgIpc) is 3.19. The second kappa shape index (κ2) is 9.25. The van der Waals surface area contributed by atoms with Gasteiger partial charge in [0.25, 0.3) is 0 Å². The minimum Gasteiger partial charge on any atom is -0.463 e. The first-order valence-electron chi connectivity index (χ1n) is 9.89. The van der Waals surface area contributed by atoms with Crippen LogP contribution in [0.4, 0.5) is 0 Å². The number of aromatic nitrogens is 4. The largest absolute Gasteiger partial charge is 0.463 e. The Kier molecular flexibility index (Phi) is 6.76. The van der Waals surface area contributed by atoms with E-state index in [1.807, 2.05) is 0 Å². The molecule has 3 rings (SSSR count). The number of hydrogen-bond donors (Lipinski definition) is 2. The molecule has 1 aromatic heterocycles. The molecular weight excluding hydrogens is 350 g/mol. The predicted octanol–water partition coefficient (Wildman–Crippen LogP) is 1.02. The molecule has 9 heteroatoms. The van der Waals surface area contributed by atoms with Crippen molar-refractivity contribution in [2.45, 2.75) is 64.5 Å². The molecular formula is C18H29N5O4. The molecule has 0 aromatic carbocycles. The molecule has 0 spiro atoms. The lowest BCUT2D eigenvalue weighted by molar-refractivity contribution is -0.168. The van der Waals surface area contributed by atoms with Gasteiger partial charge in [-0.05, 0) is 63.8 Å². The summed E-state index contributed by atoms with van der Waals surface area (Å²) in [6.07, 6.45) is 5.26. The van der Waals surface area contributed by atoms with E-state index in [0.717, 1.165) is 38.1 Å². The van der Waals surface area contributed by atoms with Crippen molar-refractivity contribution in [1.29, 1.82) is 0 Å². The maximum absolute atomic E-state index is 12.4. The number of carbonyl (C=O) groups excluding carboxylic acids is 2. The van der Waals surface area contributed by atoms with Crippen LogP contribution in [0.1, 0.15) is 51.8 Å². The van der Waals surface area contributed by atoms with Crippen LogP contribution in [0.25, 0.3) is 0 Å². The van der Waals surface area contributed by atoms with Gasteiger partial charge in [0.15, 0.2) is 11.9 Å². The van der Waals surface area contributed by atoms with E-state index < -0.39 is 12.1 Å². The van der Waals surface area contributed by atoms with Gasteiger partial charge in [-0.3, -0.25) is 4.79 Å². The standard InChI is InChI=1S/C18H29N5O4/c1-3-26-17(24)11(2)27-18(25)15-9-14-8-12(4-6-13(14)10-19-15)5-7-16-20-22-23-21-16/h11-15,19H,3-10H2,1-2H3,(H,20,21,22,23)/t11-,12?,13?,14?,15+/m1/s1. The summed E-state index contributed by atoms with van der Waals surface area (Å²) in [5.41, 5.74) is 0. The number of hydrogen-bond acceptors (Lipinski definition) is 8. The number of rotatable bonds is 7. The van der Waals surface area contributed by atoms with Gasteiger partial charge in [-0.1, -0.05) is 11.6 Å². The Balaban J connectivity index is 1.47. The fourth-order valence-corrected chi connectivity index (χ4v) is 4.29. The van der Waals surface area contributed by atoms with Crippen LogP contribution in [0.5, 0.6) is 0 Å². The van der Waals surface area contributed by atoms with Gasteiger partial charge >= 0.3 is 11.9 Å². The van der Waals surface area contributed by atoms with Crippen molar-refractivity contribution in [2.75, 3.05) is 13.2 Å². The van der Waals surface area contributed by atoms with Crippen molar-refractivity contribution >= 4 is 11.9 Å². The molecule has 2 N–H and O–H groups in total. The van der Waals surface area contributed by atoms with Crippen molar-refractivity contribution in [2.24, 2.45) is 17.8 Å². The number of ether oxygens (including phenoxy) is 2. The smallest absolute Gasteiger partial charge is 0.347 e. The summed E-state index contributed by atoms with van der Waals surface area (Å²) in [4.78, 5) is 24.1. The number of piperidine rings is 1. The Hall–Kier alpha value is -2.03. The first-order chi connectivity index (χ1) is 13.1. The van der Waals surface area contributed by atoms with E-state index >= 15 is 0 Å². The normalized spacial score (nSPS) is 28.8. The van der Waals surface area contributed by atoms with Crippen LogP contribution >= 0.6 is 0 Å². The third kappa shape index (κ3) is 5.24. The van der Waals surface area contributed by atoms with Gasteiger partial charge in [-0.15, -0.1) is 10.2 Å². The number of aromatic amines is 1. The van der Waals surface area contributed by atoms with E-state index in [4.69, 9.17) is 9.47 Å². The summed E-state index contributed by atoms with van der Waals surface area (Å²) in [7, 11) is 0. The highest BCUT2D eigenvalue weighted by Crippen LogP contribution is 2.40. The molecule has 0 bridgehead atoms. The van der Waals surface area contributed by atoms with E-state index in [9.17, 15) is 9.59 Å². The molecule has 5 atom stereocenters. The summed E-state index contributed by atoms with van der Waals surface area (Å²) in [6, 6.07) is -0.348. The van der Waals surface area contributed by atoms with Crippen LogP contribution in [0.3, 0.4) is 0 Å². The number of nitrogens with one attached hydrogen (secondary N) is 2. The third-order valence-corrected chi connectivity index (χ3v) is 5.77. The van der Waals surface area contributed by atoms with Crippen LogP contribution in [0, 0.1) is 17.8 Å². The molecule has 1 saturated heterocycles. The van der Waals surface area contributed by atoms with Crippen LogP contribution in [0.2, 0.25) is 0 Å². The molecule has 1 aromatic rings. The Bertz CT molecular complexity index is 623. The zero-order valence-electron chi connectivity index (χ0n) is 16.0. The number of aryl methyl sites for hydroxylation is 1. The molecule has 27 heavy (non-hydrogen) atoms. The topological polar surface area (TPSA) is 119 Å². The maximum atomic E-state index is 12.4. The summed E-state index contributed by atoms with van der Waals surface area (Å²) < 4.78 is 10.2. The van der Waals surface area contributed by atoms with Crippen molar-refractivity contribution in [3.63, 3.8) is 0 Å². The van der Waals surface area contributed by atoms with E-state index in [-0.39, 0.29) is 18.6 Å². The van der Waals surface area contributed by atoms with Gasteiger partial charge in [0, 0.05) is 6.42 Å². The monoisotopic (exact) mass is 379 g/mol. The third-order valence-electron chi connectivity index (χ3n) is 5.77. The van der Waals surface area contributed by atoms with Crippen LogP contribution in [0.15, 0.2) is 0 Å². The summed E-state index contributed by atoms with van der Waals surface area (Å²) in [5.74, 6) is 1.64. The molecule has 1 aliphatic carbocycles. The maximum Gasteiger partial charge on any atom is 0.347 e. The fraction of sp³-hybridized carbons (Fsp3) is 0.833. The molecule has 3 unspecified atom stereocenters. The fourth-order valence-electron chi connectivity index (χ4n) is 4.29. The zero-order chi connectivity index (χ0) is 19.2. The van der Waals surface area contributed by atoms with E-state index in [2.05, 4.69) is 25.9 Å². The lowest BCUT2D eigenvalue weighted by Crippen LogP contribution is -2.51. The average molecular weight is 379 g/mol. The van der Waals surface area contributed by atoms with Gasteiger partial charge in [0.2, 0.25) is 0 Å². The Morgan fingerprint density at radius 1 is 1.26 bits per heavy atom. The molecule has 2 heterocycles. The number of esters is 2. The Morgan fingerprint density at radius 3 is 2.85 bits per heavy atom. The first kappa shape index (κ1) is 19.7. The second-order valence-electron chi connectivity index (χ2n) is 7.59. The number of nitrogens with zero attached hydrogens (tertiary/aromatic N) is 3. The molecule has 9 nitrogen and oxygen atoms in total. The minimum atomic E-state index is -0.869. The molecule has 2 fully saturated rings. The predicted molar refractivity (Wildman–Crippen MR) is 95.4 cm³/mol. The summed E-state index contributed by atoms with van der Waals surface area (Å²) >= 11 is 0. The molecule has 150 valence electrons. The summed E-state index contributed by atoms with van der Waals surface area (Å²) in [6.45, 7) is 4.39. The van der Waals surface area contributed by atoms with Crippen molar-refractivity contribution < 1.29 is 19.1 Å². The van der Waals surface area contributed by atoms with E-state index in [1.54, 1.807) is 13.8 Å². The number of carbonyl (C=O) groups is 2. The quantitative estimate of drug-likeness (QED) is 0.674. The first-order valence-corrected chi connectivity index (χ1v) is 9.89. The van der Waals surface area contributed by atoms with Gasteiger partial charge in [0.1, 0.15) is 6.04 Å². The zero-order valence-corrected chi connectivity index (χ0v) is 16.0. The Labute approximate surface area is 158 Å². The highest BCUT2D eigenvalue weighted by atomic mass is 16.6. The number of fused-ring (bicyclic) bond motifs is 1. The molecule has 1 aliphatic heterocycles. The molecule has 2 aliphatic rings. The van der Waals surface area contributed by atoms with Gasteiger partial charge in [-0.2, -0.15) is 5.21 Å². The number of H-pyrrole nitrogens is 1. The second-order valence-corrected chi connectivity index (χ2v) is 7.59. The van der Waals surface area contributed by atoms with Crippen molar-refractivity contribution in [3.05, 3.63) is 5.82 Å². The van der Waals surface area contributed by atoms with Gasteiger partial charge in [-0.25, -0.2) is 4.79 Å². The lowest BCUT2D eigenvalue weighted by Gasteiger charge is -2.42. The summed E-state index contributed by atoms with van der Waals surface area (Å²) in [5, 5.41) is 17.4. The molecule has 0 radical (unpaired) electrons. The SMILES string of the molecule is CCOC(=O)[C@@H](C)OC(=O)[C@@H]1CC2CC(CCc3nn[nH]n3)CCC2CN1. The van der Waals surface area contributed by atoms with Gasteiger partial charge in [0.05, 0.1) is 6.61 Å². The van der Waals surface area contributed by atoms with Crippen LogP contribution in [-0.2, 0) is 25.5 Å². The van der Waals surface area contributed by atoms with E-state index in [0.29, 0.717) is 17.8 Å². The van der Waals surface area contributed by atoms with Gasteiger partial charge < -0.3 is 14.8 Å². The van der Waals surface area contributed by atoms with Crippen molar-refractivity contribution in [3.8, 4) is 0 Å². The highest BCUT2D eigenvalue weighted by Gasteiger charge is 2.38. The van der Waals surface area contributed by atoms with Crippen molar-refractivity contribution in [1.82, 2.24) is 25.9 Å². The Morgan fingerprint density at radius 2 is 2.11 bits per heavy atom. The lowest BCUT2D eigenvalue weighted by atomic mass is 9.69. The van der Waals surface area contributed by atoms with E-state index in [1.165, 1.54) is 12.8 Å². The minimum absolute atomic E-state index is 0.275. The van der Waals surface area contributed by atoms with Crippen LogP contribution < -0.4 is 5.32 Å². The molecule has 1 saturated carbocycles. The van der Waals surface area contributed by atoms with Crippen LogP contribution in [-0.4, -0.2) is 57.9 Å². The molecule has 0 amide bonds. The number of tetrazole rings is 1. The highest BCUT2D eigenvalue weighted by molar-refractivity contribution is 5.81.